The summed E-state index contributed by atoms with van der Waals surface area (Å²) in [5, 5.41) is 3.27. The van der Waals surface area contributed by atoms with Crippen LogP contribution in [0, 0.1) is 5.92 Å². The zero-order chi connectivity index (χ0) is 12.8. The number of rotatable bonds is 6. The SMILES string of the molecule is O=S(=O)(CCN1CCNCC1)NCC1CCSC1. The van der Waals surface area contributed by atoms with Crippen LogP contribution in [-0.4, -0.2) is 69.8 Å². The van der Waals surface area contributed by atoms with Crippen molar-refractivity contribution in [3.05, 3.63) is 0 Å². The molecular formula is C11H23N3O2S2. The second-order valence-corrected chi connectivity index (χ2v) is 8.06. The lowest BCUT2D eigenvalue weighted by molar-refractivity contribution is 0.253. The van der Waals surface area contributed by atoms with Gasteiger partial charge in [-0.25, -0.2) is 13.1 Å². The van der Waals surface area contributed by atoms with Crippen LogP contribution in [0.4, 0.5) is 0 Å². The largest absolute Gasteiger partial charge is 0.314 e. The van der Waals surface area contributed by atoms with Gasteiger partial charge in [-0.1, -0.05) is 0 Å². The molecule has 0 spiro atoms. The van der Waals surface area contributed by atoms with E-state index < -0.39 is 10.0 Å². The summed E-state index contributed by atoms with van der Waals surface area (Å²) in [5.74, 6) is 3.03. The summed E-state index contributed by atoms with van der Waals surface area (Å²) in [6.07, 6.45) is 1.14. The van der Waals surface area contributed by atoms with Gasteiger partial charge in [0, 0.05) is 39.3 Å². The summed E-state index contributed by atoms with van der Waals surface area (Å²) in [4.78, 5) is 2.21. The highest BCUT2D eigenvalue weighted by molar-refractivity contribution is 7.99. The Morgan fingerprint density at radius 3 is 2.78 bits per heavy atom. The second kappa shape index (κ2) is 7.09. The van der Waals surface area contributed by atoms with E-state index in [0.717, 1.165) is 38.4 Å². The minimum Gasteiger partial charge on any atom is -0.314 e. The van der Waals surface area contributed by atoms with Gasteiger partial charge < -0.3 is 5.32 Å². The van der Waals surface area contributed by atoms with Gasteiger partial charge in [0.05, 0.1) is 5.75 Å². The summed E-state index contributed by atoms with van der Waals surface area (Å²) >= 11 is 1.92. The van der Waals surface area contributed by atoms with Crippen molar-refractivity contribution < 1.29 is 8.42 Å². The van der Waals surface area contributed by atoms with Crippen molar-refractivity contribution in [1.82, 2.24) is 14.9 Å². The number of hydrogen-bond acceptors (Lipinski definition) is 5. The highest BCUT2D eigenvalue weighted by Crippen LogP contribution is 2.22. The summed E-state index contributed by atoms with van der Waals surface area (Å²) in [7, 11) is -3.09. The molecule has 2 saturated heterocycles. The molecule has 2 rings (SSSR count). The molecule has 0 aromatic rings. The quantitative estimate of drug-likeness (QED) is 0.695. The fraction of sp³-hybridized carbons (Fsp3) is 1.00. The number of nitrogens with one attached hydrogen (secondary N) is 2. The Morgan fingerprint density at radius 2 is 2.11 bits per heavy atom. The third-order valence-electron chi connectivity index (χ3n) is 3.50. The molecule has 2 N–H and O–H groups in total. The molecule has 1 unspecified atom stereocenters. The van der Waals surface area contributed by atoms with Crippen LogP contribution < -0.4 is 10.0 Å². The van der Waals surface area contributed by atoms with E-state index in [1.54, 1.807) is 0 Å². The third-order valence-corrected chi connectivity index (χ3v) is 6.06. The van der Waals surface area contributed by atoms with Crippen LogP contribution in [0.25, 0.3) is 0 Å². The lowest BCUT2D eigenvalue weighted by atomic mass is 10.1. The fourth-order valence-electron chi connectivity index (χ4n) is 2.25. The predicted octanol–water partition coefficient (Wildman–Crippen LogP) is -0.436. The van der Waals surface area contributed by atoms with Crippen molar-refractivity contribution in [2.45, 2.75) is 6.42 Å². The minimum atomic E-state index is -3.09. The van der Waals surface area contributed by atoms with E-state index in [1.165, 1.54) is 5.75 Å². The maximum atomic E-state index is 11.9. The zero-order valence-corrected chi connectivity index (χ0v) is 12.4. The smallest absolute Gasteiger partial charge is 0.212 e. The third kappa shape index (κ3) is 5.05. The van der Waals surface area contributed by atoms with Crippen LogP contribution >= 0.6 is 11.8 Å². The molecule has 18 heavy (non-hydrogen) atoms. The van der Waals surface area contributed by atoms with E-state index in [-0.39, 0.29) is 5.75 Å². The molecule has 2 fully saturated rings. The number of hydrogen-bond donors (Lipinski definition) is 2. The van der Waals surface area contributed by atoms with Crippen LogP contribution in [0.2, 0.25) is 0 Å². The Kier molecular flexibility index (Phi) is 5.75. The first-order valence-corrected chi connectivity index (χ1v) is 9.44. The van der Waals surface area contributed by atoms with E-state index in [0.29, 0.717) is 19.0 Å². The summed E-state index contributed by atoms with van der Waals surface area (Å²) < 4.78 is 26.5. The molecule has 1 atom stereocenters. The summed E-state index contributed by atoms with van der Waals surface area (Å²) in [6, 6.07) is 0. The molecule has 0 aliphatic carbocycles. The lowest BCUT2D eigenvalue weighted by Gasteiger charge is -2.26. The van der Waals surface area contributed by atoms with Crippen molar-refractivity contribution in [1.29, 1.82) is 0 Å². The molecule has 5 nitrogen and oxygen atoms in total. The molecule has 0 aromatic heterocycles. The molecule has 106 valence electrons. The van der Waals surface area contributed by atoms with E-state index in [1.807, 2.05) is 11.8 Å². The van der Waals surface area contributed by atoms with Crippen LogP contribution in [0.3, 0.4) is 0 Å². The number of piperazine rings is 1. The summed E-state index contributed by atoms with van der Waals surface area (Å²) in [5.41, 5.74) is 0. The van der Waals surface area contributed by atoms with Crippen molar-refractivity contribution in [3.8, 4) is 0 Å². The molecule has 0 aromatic carbocycles. The monoisotopic (exact) mass is 293 g/mol. The first-order chi connectivity index (χ1) is 8.66. The molecular weight excluding hydrogens is 270 g/mol. The van der Waals surface area contributed by atoms with Gasteiger partial charge >= 0.3 is 0 Å². The lowest BCUT2D eigenvalue weighted by Crippen LogP contribution is -2.46. The highest BCUT2D eigenvalue weighted by atomic mass is 32.2. The molecule has 2 aliphatic rings. The Balaban J connectivity index is 1.66. The van der Waals surface area contributed by atoms with Crippen LogP contribution in [0.5, 0.6) is 0 Å². The van der Waals surface area contributed by atoms with Crippen molar-refractivity contribution >= 4 is 21.8 Å². The standard InChI is InChI=1S/C11H23N3O2S2/c15-18(16,13-9-11-1-7-17-10-11)8-6-14-4-2-12-3-5-14/h11-13H,1-10H2. The van der Waals surface area contributed by atoms with Crippen LogP contribution in [0.15, 0.2) is 0 Å². The van der Waals surface area contributed by atoms with Gasteiger partial charge in [-0.05, 0) is 23.8 Å². The van der Waals surface area contributed by atoms with Gasteiger partial charge in [0.15, 0.2) is 0 Å². The Hall–Kier alpha value is 0.180. The minimum absolute atomic E-state index is 0.229. The van der Waals surface area contributed by atoms with Gasteiger partial charge in [-0.15, -0.1) is 0 Å². The average molecular weight is 293 g/mol. The number of nitrogens with zero attached hydrogens (tertiary/aromatic N) is 1. The Morgan fingerprint density at radius 1 is 1.33 bits per heavy atom. The van der Waals surface area contributed by atoms with Gasteiger partial charge in [-0.2, -0.15) is 11.8 Å². The van der Waals surface area contributed by atoms with Gasteiger partial charge in [0.1, 0.15) is 0 Å². The number of thioether (sulfide) groups is 1. The van der Waals surface area contributed by atoms with Crippen molar-refractivity contribution in [2.75, 3.05) is 56.5 Å². The van der Waals surface area contributed by atoms with E-state index in [2.05, 4.69) is 14.9 Å². The van der Waals surface area contributed by atoms with Gasteiger partial charge in [0.2, 0.25) is 10.0 Å². The topological polar surface area (TPSA) is 61.4 Å². The second-order valence-electron chi connectivity index (χ2n) is 4.99. The normalized spacial score (nSPS) is 26.6. The highest BCUT2D eigenvalue weighted by Gasteiger charge is 2.19. The van der Waals surface area contributed by atoms with Crippen molar-refractivity contribution in [3.63, 3.8) is 0 Å². The predicted molar refractivity (Wildman–Crippen MR) is 76.5 cm³/mol. The molecule has 2 heterocycles. The molecule has 0 amide bonds. The van der Waals surface area contributed by atoms with E-state index in [9.17, 15) is 8.42 Å². The van der Waals surface area contributed by atoms with E-state index in [4.69, 9.17) is 0 Å². The number of sulfonamides is 1. The maximum absolute atomic E-state index is 11.9. The van der Waals surface area contributed by atoms with Gasteiger partial charge in [-0.3, -0.25) is 4.90 Å². The molecule has 7 heteroatoms. The molecule has 0 bridgehead atoms. The zero-order valence-electron chi connectivity index (χ0n) is 10.7. The Bertz CT molecular complexity index is 336. The fourth-order valence-corrected chi connectivity index (χ4v) is 4.66. The molecule has 2 aliphatic heterocycles. The summed E-state index contributed by atoms with van der Waals surface area (Å²) in [6.45, 7) is 5.11. The average Bonchev–Trinajstić information content (AvgIpc) is 2.89. The van der Waals surface area contributed by atoms with Gasteiger partial charge in [0.25, 0.3) is 0 Å². The molecule has 0 saturated carbocycles. The molecule has 0 radical (unpaired) electrons. The van der Waals surface area contributed by atoms with Crippen molar-refractivity contribution in [2.24, 2.45) is 5.92 Å². The van der Waals surface area contributed by atoms with Crippen LogP contribution in [0.1, 0.15) is 6.42 Å². The van der Waals surface area contributed by atoms with Crippen LogP contribution in [-0.2, 0) is 10.0 Å². The maximum Gasteiger partial charge on any atom is 0.212 e. The van der Waals surface area contributed by atoms with E-state index >= 15 is 0 Å². The first kappa shape index (κ1) is 14.6. The Labute approximate surface area is 114 Å². The first-order valence-electron chi connectivity index (χ1n) is 6.64.